The maximum atomic E-state index is 6.05. The van der Waals surface area contributed by atoms with Crippen LogP contribution in [-0.2, 0) is 6.54 Å². The van der Waals surface area contributed by atoms with Crippen molar-refractivity contribution < 1.29 is 0 Å². The van der Waals surface area contributed by atoms with E-state index in [2.05, 4.69) is 10.4 Å². The van der Waals surface area contributed by atoms with Crippen molar-refractivity contribution in [3.05, 3.63) is 47.2 Å². The Hall–Kier alpha value is -1.32. The Bertz CT molecular complexity index is 436. The van der Waals surface area contributed by atoms with Crippen LogP contribution in [0.1, 0.15) is 5.69 Å². The Kier molecular flexibility index (Phi) is 3.04. The van der Waals surface area contributed by atoms with Crippen molar-refractivity contribution in [2.24, 2.45) is 0 Å². The predicted molar refractivity (Wildman–Crippen MR) is 61.3 cm³/mol. The van der Waals surface area contributed by atoms with Crippen LogP contribution in [0.25, 0.3) is 5.69 Å². The number of nitrogens with zero attached hydrogens (tertiary/aromatic N) is 2. The zero-order valence-electron chi connectivity index (χ0n) is 8.44. The monoisotopic (exact) mass is 221 g/mol. The van der Waals surface area contributed by atoms with Crippen LogP contribution in [0, 0.1) is 0 Å². The lowest BCUT2D eigenvalue weighted by Gasteiger charge is -2.06. The first-order valence-electron chi connectivity index (χ1n) is 4.75. The van der Waals surface area contributed by atoms with Crippen LogP contribution in [0.3, 0.4) is 0 Å². The number of benzene rings is 1. The second-order valence-electron chi connectivity index (χ2n) is 3.22. The number of hydrogen-bond acceptors (Lipinski definition) is 2. The maximum absolute atomic E-state index is 6.05. The van der Waals surface area contributed by atoms with E-state index >= 15 is 0 Å². The fraction of sp³-hybridized carbons (Fsp3) is 0.182. The molecular formula is C11H12ClN3. The lowest BCUT2D eigenvalue weighted by molar-refractivity contribution is 0.729. The van der Waals surface area contributed by atoms with Crippen LogP contribution >= 0.6 is 11.6 Å². The highest BCUT2D eigenvalue weighted by Crippen LogP contribution is 2.18. The molecule has 0 spiro atoms. The van der Waals surface area contributed by atoms with Gasteiger partial charge in [0.15, 0.2) is 0 Å². The minimum Gasteiger partial charge on any atom is -0.314 e. The van der Waals surface area contributed by atoms with E-state index in [9.17, 15) is 0 Å². The van der Waals surface area contributed by atoms with E-state index in [4.69, 9.17) is 11.6 Å². The molecule has 2 rings (SSSR count). The van der Waals surface area contributed by atoms with Crippen molar-refractivity contribution in [3.63, 3.8) is 0 Å². The fourth-order valence-corrected chi connectivity index (χ4v) is 1.66. The van der Waals surface area contributed by atoms with Crippen LogP contribution in [0.5, 0.6) is 0 Å². The topological polar surface area (TPSA) is 29.9 Å². The molecule has 2 aromatic rings. The average molecular weight is 222 g/mol. The third-order valence-corrected chi connectivity index (χ3v) is 2.48. The highest BCUT2D eigenvalue weighted by Gasteiger charge is 2.08. The van der Waals surface area contributed by atoms with Crippen molar-refractivity contribution in [1.29, 1.82) is 0 Å². The number of halogens is 1. The zero-order valence-corrected chi connectivity index (χ0v) is 9.20. The molecule has 3 nitrogen and oxygen atoms in total. The van der Waals surface area contributed by atoms with Gasteiger partial charge in [-0.2, -0.15) is 5.10 Å². The van der Waals surface area contributed by atoms with Gasteiger partial charge in [-0.1, -0.05) is 29.8 Å². The Morgan fingerprint density at radius 2 is 2.07 bits per heavy atom. The number of aromatic nitrogens is 2. The molecule has 0 bridgehead atoms. The Morgan fingerprint density at radius 3 is 2.73 bits per heavy atom. The minimum absolute atomic E-state index is 0.688. The fourth-order valence-electron chi connectivity index (χ4n) is 1.47. The van der Waals surface area contributed by atoms with Crippen molar-refractivity contribution in [3.8, 4) is 5.69 Å². The van der Waals surface area contributed by atoms with Gasteiger partial charge >= 0.3 is 0 Å². The number of para-hydroxylation sites is 1. The molecule has 4 heteroatoms. The quantitative estimate of drug-likeness (QED) is 0.862. The molecule has 0 radical (unpaired) electrons. The molecule has 0 atom stereocenters. The van der Waals surface area contributed by atoms with Crippen LogP contribution in [0.2, 0.25) is 5.02 Å². The van der Waals surface area contributed by atoms with Crippen molar-refractivity contribution >= 4 is 11.6 Å². The third-order valence-electron chi connectivity index (χ3n) is 2.16. The number of rotatable bonds is 3. The number of nitrogens with one attached hydrogen (secondary N) is 1. The van der Waals surface area contributed by atoms with Gasteiger partial charge in [-0.25, -0.2) is 4.68 Å². The highest BCUT2D eigenvalue weighted by atomic mass is 35.5. The van der Waals surface area contributed by atoms with Crippen LogP contribution in [-0.4, -0.2) is 16.8 Å². The third kappa shape index (κ3) is 2.03. The van der Waals surface area contributed by atoms with Crippen molar-refractivity contribution in [1.82, 2.24) is 15.1 Å². The largest absolute Gasteiger partial charge is 0.314 e. The van der Waals surface area contributed by atoms with E-state index in [-0.39, 0.29) is 0 Å². The molecule has 0 unspecified atom stereocenters. The molecule has 1 N–H and O–H groups in total. The predicted octanol–water partition coefficient (Wildman–Crippen LogP) is 2.25. The summed E-state index contributed by atoms with van der Waals surface area (Å²) >= 11 is 6.05. The second kappa shape index (κ2) is 4.47. The van der Waals surface area contributed by atoms with Crippen molar-refractivity contribution in [2.45, 2.75) is 6.54 Å². The standard InChI is InChI=1S/C11H12ClN3/c1-13-8-11-10(12)7-14-15(11)9-5-3-2-4-6-9/h2-7,13H,8H2,1H3. The molecule has 1 aromatic heterocycles. The lowest BCUT2D eigenvalue weighted by atomic mass is 10.3. The van der Waals surface area contributed by atoms with E-state index in [1.807, 2.05) is 42.1 Å². The van der Waals surface area contributed by atoms with E-state index in [1.54, 1.807) is 6.20 Å². The molecule has 15 heavy (non-hydrogen) atoms. The number of hydrogen-bond donors (Lipinski definition) is 1. The van der Waals surface area contributed by atoms with Gasteiger partial charge < -0.3 is 5.32 Å². The molecule has 0 fully saturated rings. The summed E-state index contributed by atoms with van der Waals surface area (Å²) in [5.74, 6) is 0. The first kappa shape index (κ1) is 10.2. The van der Waals surface area contributed by atoms with Gasteiger partial charge in [-0.05, 0) is 19.2 Å². The molecule has 0 saturated carbocycles. The normalized spacial score (nSPS) is 10.5. The Balaban J connectivity index is 2.44. The average Bonchev–Trinajstić information content (AvgIpc) is 2.63. The van der Waals surface area contributed by atoms with Gasteiger partial charge in [0.05, 0.1) is 22.6 Å². The SMILES string of the molecule is CNCc1c(Cl)cnn1-c1ccccc1. The molecule has 0 saturated heterocycles. The Morgan fingerprint density at radius 1 is 1.33 bits per heavy atom. The van der Waals surface area contributed by atoms with Crippen LogP contribution in [0.4, 0.5) is 0 Å². The van der Waals surface area contributed by atoms with Crippen LogP contribution < -0.4 is 5.32 Å². The van der Waals surface area contributed by atoms with E-state index in [0.717, 1.165) is 11.4 Å². The Labute approximate surface area is 93.7 Å². The van der Waals surface area contributed by atoms with E-state index in [1.165, 1.54) is 0 Å². The van der Waals surface area contributed by atoms with Gasteiger partial charge in [0.25, 0.3) is 0 Å². The van der Waals surface area contributed by atoms with Gasteiger partial charge in [0.2, 0.25) is 0 Å². The highest BCUT2D eigenvalue weighted by molar-refractivity contribution is 6.31. The molecule has 78 valence electrons. The zero-order chi connectivity index (χ0) is 10.7. The van der Waals surface area contributed by atoms with Gasteiger partial charge in [0, 0.05) is 6.54 Å². The summed E-state index contributed by atoms with van der Waals surface area (Å²) in [6.07, 6.45) is 1.67. The molecule has 1 aromatic carbocycles. The first-order chi connectivity index (χ1) is 7.33. The van der Waals surface area contributed by atoms with Gasteiger partial charge in [-0.3, -0.25) is 0 Å². The molecule has 0 aliphatic rings. The van der Waals surface area contributed by atoms with Gasteiger partial charge in [-0.15, -0.1) is 0 Å². The molecule has 0 aliphatic carbocycles. The van der Waals surface area contributed by atoms with Crippen LogP contribution in [0.15, 0.2) is 36.5 Å². The second-order valence-corrected chi connectivity index (χ2v) is 3.62. The summed E-state index contributed by atoms with van der Waals surface area (Å²) in [5.41, 5.74) is 2.00. The summed E-state index contributed by atoms with van der Waals surface area (Å²) in [7, 11) is 1.89. The minimum atomic E-state index is 0.688. The van der Waals surface area contributed by atoms with Gasteiger partial charge in [0.1, 0.15) is 0 Å². The first-order valence-corrected chi connectivity index (χ1v) is 5.13. The van der Waals surface area contributed by atoms with E-state index in [0.29, 0.717) is 11.6 Å². The summed E-state index contributed by atoms with van der Waals surface area (Å²) in [6, 6.07) is 9.94. The summed E-state index contributed by atoms with van der Waals surface area (Å²) in [4.78, 5) is 0. The molecular weight excluding hydrogens is 210 g/mol. The summed E-state index contributed by atoms with van der Waals surface area (Å²) in [5, 5.41) is 8.01. The maximum Gasteiger partial charge on any atom is 0.0835 e. The molecule has 0 aliphatic heterocycles. The lowest BCUT2D eigenvalue weighted by Crippen LogP contribution is -2.11. The smallest absolute Gasteiger partial charge is 0.0835 e. The van der Waals surface area contributed by atoms with E-state index < -0.39 is 0 Å². The van der Waals surface area contributed by atoms with Crippen molar-refractivity contribution in [2.75, 3.05) is 7.05 Å². The molecule has 0 amide bonds. The summed E-state index contributed by atoms with van der Waals surface area (Å²) in [6.45, 7) is 0.702. The molecule has 1 heterocycles. The summed E-state index contributed by atoms with van der Waals surface area (Å²) < 4.78 is 1.85.